The van der Waals surface area contributed by atoms with Gasteiger partial charge in [-0.2, -0.15) is 0 Å². The van der Waals surface area contributed by atoms with Crippen LogP contribution in [0, 0.1) is 0 Å². The lowest BCUT2D eigenvalue weighted by atomic mass is 9.97. The number of hydrogen-bond acceptors (Lipinski definition) is 3. The van der Waals surface area contributed by atoms with E-state index in [-0.39, 0.29) is 5.92 Å². The second-order valence-electron chi connectivity index (χ2n) is 6.45. The molecule has 1 atom stereocenters. The van der Waals surface area contributed by atoms with Gasteiger partial charge < -0.3 is 14.0 Å². The van der Waals surface area contributed by atoms with Gasteiger partial charge in [0.1, 0.15) is 11.6 Å². The van der Waals surface area contributed by atoms with Gasteiger partial charge in [-0.1, -0.05) is 18.2 Å². The Morgan fingerprint density at radius 1 is 1.24 bits per heavy atom. The number of piperidine rings is 1. The van der Waals surface area contributed by atoms with Gasteiger partial charge in [-0.3, -0.25) is 4.79 Å². The topological polar surface area (TPSA) is 46.8 Å². The van der Waals surface area contributed by atoms with Gasteiger partial charge in [0.15, 0.2) is 0 Å². The lowest BCUT2D eigenvalue weighted by Crippen LogP contribution is -2.33. The molecule has 0 N–H and O–H groups in total. The number of fused-ring (bicyclic) bond motifs is 1. The Hall–Kier alpha value is -2.82. The molecule has 0 bridgehead atoms. The number of hydrogen-bond donors (Lipinski definition) is 0. The second-order valence-corrected chi connectivity index (χ2v) is 6.45. The third-order valence-corrected chi connectivity index (χ3v) is 4.89. The van der Waals surface area contributed by atoms with Crippen molar-refractivity contribution in [3.8, 4) is 17.0 Å². The van der Waals surface area contributed by atoms with Gasteiger partial charge in [0, 0.05) is 30.8 Å². The molecule has 1 aromatic carbocycles. The van der Waals surface area contributed by atoms with Crippen LogP contribution in [0.25, 0.3) is 16.8 Å². The molecule has 2 aromatic heterocycles. The second kappa shape index (κ2) is 6.59. The first-order chi connectivity index (χ1) is 12.3. The number of ether oxygens (including phenoxy) is 1. The zero-order valence-corrected chi connectivity index (χ0v) is 14.3. The maximum atomic E-state index is 11.2. The fourth-order valence-corrected chi connectivity index (χ4v) is 3.65. The first-order valence-electron chi connectivity index (χ1n) is 8.61. The van der Waals surface area contributed by atoms with E-state index in [0.29, 0.717) is 0 Å². The van der Waals surface area contributed by atoms with Crippen LogP contribution in [0.15, 0.2) is 48.7 Å². The molecule has 0 radical (unpaired) electrons. The molecule has 5 heteroatoms. The monoisotopic (exact) mass is 335 g/mol. The summed E-state index contributed by atoms with van der Waals surface area (Å²) < 4.78 is 7.52. The van der Waals surface area contributed by atoms with Crippen LogP contribution in [0.5, 0.6) is 5.75 Å². The zero-order valence-electron chi connectivity index (χ0n) is 14.3. The van der Waals surface area contributed by atoms with E-state index in [4.69, 9.17) is 9.72 Å². The predicted molar refractivity (Wildman–Crippen MR) is 96.8 cm³/mol. The fourth-order valence-electron chi connectivity index (χ4n) is 3.65. The maximum Gasteiger partial charge on any atom is 0.209 e. The summed E-state index contributed by atoms with van der Waals surface area (Å²) in [6.07, 6.45) is 5.07. The molecule has 1 fully saturated rings. The molecule has 0 aliphatic carbocycles. The SMILES string of the molecule is COc1cccc(-c2nc(C3CCCN(C=O)C3)n3ccccc23)c1. The number of imidazole rings is 1. The molecule has 1 amide bonds. The van der Waals surface area contributed by atoms with E-state index in [1.165, 1.54) is 0 Å². The number of rotatable bonds is 4. The Bertz CT molecular complexity index is 903. The predicted octanol–water partition coefficient (Wildman–Crippen LogP) is 3.35. The Morgan fingerprint density at radius 2 is 2.16 bits per heavy atom. The van der Waals surface area contributed by atoms with Crippen LogP contribution in [0.3, 0.4) is 0 Å². The first kappa shape index (κ1) is 15.7. The summed E-state index contributed by atoms with van der Waals surface area (Å²) in [6.45, 7) is 1.57. The minimum atomic E-state index is 0.258. The summed E-state index contributed by atoms with van der Waals surface area (Å²) in [7, 11) is 1.67. The van der Waals surface area contributed by atoms with Crippen molar-refractivity contribution < 1.29 is 9.53 Å². The molecular formula is C20H21N3O2. The minimum absolute atomic E-state index is 0.258. The van der Waals surface area contributed by atoms with Crippen LogP contribution in [0.1, 0.15) is 24.6 Å². The summed E-state index contributed by atoms with van der Waals surface area (Å²) in [6, 6.07) is 14.1. The summed E-state index contributed by atoms with van der Waals surface area (Å²) in [5.41, 5.74) is 3.07. The molecule has 0 spiro atoms. The van der Waals surface area contributed by atoms with E-state index in [9.17, 15) is 4.79 Å². The number of benzene rings is 1. The smallest absolute Gasteiger partial charge is 0.209 e. The number of aromatic nitrogens is 2. The maximum absolute atomic E-state index is 11.2. The van der Waals surface area contributed by atoms with E-state index in [2.05, 4.69) is 22.7 Å². The van der Waals surface area contributed by atoms with Crippen LogP contribution in [-0.4, -0.2) is 40.9 Å². The van der Waals surface area contributed by atoms with Crippen molar-refractivity contribution in [2.75, 3.05) is 20.2 Å². The lowest BCUT2D eigenvalue weighted by Gasteiger charge is -2.29. The van der Waals surface area contributed by atoms with Crippen molar-refractivity contribution in [2.45, 2.75) is 18.8 Å². The van der Waals surface area contributed by atoms with Crippen molar-refractivity contribution in [3.05, 3.63) is 54.5 Å². The van der Waals surface area contributed by atoms with Crippen molar-refractivity contribution in [1.29, 1.82) is 0 Å². The largest absolute Gasteiger partial charge is 0.497 e. The molecular weight excluding hydrogens is 314 g/mol. The molecule has 1 aliphatic rings. The van der Waals surface area contributed by atoms with Crippen molar-refractivity contribution in [1.82, 2.24) is 14.3 Å². The number of amides is 1. The van der Waals surface area contributed by atoms with Crippen molar-refractivity contribution >= 4 is 11.9 Å². The summed E-state index contributed by atoms with van der Waals surface area (Å²) in [4.78, 5) is 18.0. The molecule has 4 rings (SSSR count). The van der Waals surface area contributed by atoms with Gasteiger partial charge in [-0.05, 0) is 37.1 Å². The highest BCUT2D eigenvalue weighted by molar-refractivity contribution is 5.78. The highest BCUT2D eigenvalue weighted by Crippen LogP contribution is 2.32. The van der Waals surface area contributed by atoms with E-state index in [1.807, 2.05) is 35.2 Å². The van der Waals surface area contributed by atoms with E-state index < -0.39 is 0 Å². The van der Waals surface area contributed by atoms with Crippen LogP contribution in [-0.2, 0) is 4.79 Å². The Kier molecular flexibility index (Phi) is 4.14. The van der Waals surface area contributed by atoms with Crippen LogP contribution in [0.2, 0.25) is 0 Å². The molecule has 1 aliphatic heterocycles. The van der Waals surface area contributed by atoms with Crippen molar-refractivity contribution in [2.24, 2.45) is 0 Å². The van der Waals surface area contributed by atoms with Gasteiger partial charge in [0.25, 0.3) is 0 Å². The molecule has 3 heterocycles. The molecule has 128 valence electrons. The number of carbonyl (C=O) groups excluding carboxylic acids is 1. The van der Waals surface area contributed by atoms with Gasteiger partial charge >= 0.3 is 0 Å². The molecule has 25 heavy (non-hydrogen) atoms. The van der Waals surface area contributed by atoms with E-state index in [1.54, 1.807) is 7.11 Å². The molecule has 3 aromatic rings. The molecule has 5 nitrogen and oxygen atoms in total. The average Bonchev–Trinajstić information content (AvgIpc) is 3.08. The minimum Gasteiger partial charge on any atom is -0.497 e. The average molecular weight is 335 g/mol. The summed E-state index contributed by atoms with van der Waals surface area (Å²) in [5.74, 6) is 2.11. The van der Waals surface area contributed by atoms with Gasteiger partial charge in [-0.25, -0.2) is 4.98 Å². The number of carbonyl (C=O) groups is 1. The van der Waals surface area contributed by atoms with Crippen LogP contribution in [0.4, 0.5) is 0 Å². The fraction of sp³-hybridized carbons (Fsp3) is 0.300. The highest BCUT2D eigenvalue weighted by atomic mass is 16.5. The quantitative estimate of drug-likeness (QED) is 0.687. The van der Waals surface area contributed by atoms with Crippen LogP contribution < -0.4 is 4.74 Å². The third kappa shape index (κ3) is 2.86. The number of likely N-dealkylation sites (tertiary alicyclic amines) is 1. The Balaban J connectivity index is 1.82. The van der Waals surface area contributed by atoms with Gasteiger partial charge in [0.05, 0.1) is 18.3 Å². The lowest BCUT2D eigenvalue weighted by molar-refractivity contribution is -0.119. The molecule has 1 unspecified atom stereocenters. The molecule has 0 saturated carbocycles. The Labute approximate surface area is 146 Å². The third-order valence-electron chi connectivity index (χ3n) is 4.89. The first-order valence-corrected chi connectivity index (χ1v) is 8.61. The van der Waals surface area contributed by atoms with Gasteiger partial charge in [0.2, 0.25) is 6.41 Å². The standard InChI is InChI=1S/C20H21N3O2/c1-25-17-8-4-6-15(12-17)19-18-9-2-3-11-23(18)20(21-19)16-7-5-10-22(13-16)14-24/h2-4,6,8-9,11-12,14,16H,5,7,10,13H2,1H3. The number of methoxy groups -OCH3 is 1. The molecule has 1 saturated heterocycles. The number of nitrogens with zero attached hydrogens (tertiary/aromatic N) is 3. The summed E-state index contributed by atoms with van der Waals surface area (Å²) in [5, 5.41) is 0. The van der Waals surface area contributed by atoms with Crippen LogP contribution >= 0.6 is 0 Å². The van der Waals surface area contributed by atoms with E-state index >= 15 is 0 Å². The number of pyridine rings is 1. The highest BCUT2D eigenvalue weighted by Gasteiger charge is 2.25. The Morgan fingerprint density at radius 3 is 3.00 bits per heavy atom. The normalized spacial score (nSPS) is 17.6. The van der Waals surface area contributed by atoms with Crippen molar-refractivity contribution in [3.63, 3.8) is 0 Å². The van der Waals surface area contributed by atoms with Gasteiger partial charge in [-0.15, -0.1) is 0 Å². The summed E-state index contributed by atoms with van der Waals surface area (Å²) >= 11 is 0. The van der Waals surface area contributed by atoms with E-state index in [0.717, 1.165) is 60.7 Å². The zero-order chi connectivity index (χ0) is 17.2.